The number of ether oxygens (including phenoxy) is 2. The van der Waals surface area contributed by atoms with Crippen molar-refractivity contribution in [2.24, 2.45) is 0 Å². The third kappa shape index (κ3) is 5.36. The maximum atomic E-state index is 13.5. The van der Waals surface area contributed by atoms with E-state index in [0.717, 1.165) is 26.7 Å². The molecule has 2 aliphatic rings. The topological polar surface area (TPSA) is 101 Å². The molecule has 1 unspecified atom stereocenters. The Labute approximate surface area is 233 Å². The number of carbonyl (C=O) groups is 1. The molecule has 2 aliphatic heterocycles. The molecule has 0 radical (unpaired) electrons. The van der Waals surface area contributed by atoms with Gasteiger partial charge in [-0.2, -0.15) is 0 Å². The Morgan fingerprint density at radius 3 is 2.71 bits per heavy atom. The lowest BCUT2D eigenvalue weighted by molar-refractivity contribution is 0.0946. The number of hydrogen-bond acceptors (Lipinski definition) is 6. The smallest absolute Gasteiger partial charge is 0.270 e. The Morgan fingerprint density at radius 1 is 1.18 bits per heavy atom. The third-order valence-electron chi connectivity index (χ3n) is 6.51. The van der Waals surface area contributed by atoms with E-state index < -0.39 is 15.7 Å². The van der Waals surface area contributed by atoms with Gasteiger partial charge in [0.1, 0.15) is 16.7 Å². The summed E-state index contributed by atoms with van der Waals surface area (Å²) in [7, 11) is -1.32. The number of benzene rings is 2. The highest BCUT2D eigenvalue weighted by molar-refractivity contribution is 9.10. The summed E-state index contributed by atoms with van der Waals surface area (Å²) in [6.45, 7) is 6.64. The van der Waals surface area contributed by atoms with Gasteiger partial charge in [0, 0.05) is 35.3 Å². The quantitative estimate of drug-likeness (QED) is 0.402. The standard InChI is InChI=1S/C28H30BrN3O5S/c1-28(2,3)38(35)32-15-19-13-21(27(34)30-14-17-7-8-23-24(11-17)37-16-36-23)31-26(25(19)22(32)9-10-33)18-5-4-6-20(29)12-18/h4-8,11-13,22,33H,9-10,14-16H2,1-3H3,(H,30,34)/t22-,38?/m1/s1. The molecule has 2 aromatic carbocycles. The van der Waals surface area contributed by atoms with Gasteiger partial charge in [-0.3, -0.25) is 4.79 Å². The van der Waals surface area contributed by atoms with Crippen molar-refractivity contribution in [2.45, 2.75) is 51.1 Å². The molecule has 5 rings (SSSR count). The van der Waals surface area contributed by atoms with Crippen molar-refractivity contribution >= 4 is 32.8 Å². The first-order chi connectivity index (χ1) is 18.2. The molecule has 38 heavy (non-hydrogen) atoms. The van der Waals surface area contributed by atoms with Gasteiger partial charge in [-0.05, 0) is 68.7 Å². The second-order valence-corrected chi connectivity index (χ2v) is 13.4. The zero-order valence-electron chi connectivity index (χ0n) is 21.5. The lowest BCUT2D eigenvalue weighted by atomic mass is 9.96. The number of nitrogens with one attached hydrogen (secondary N) is 1. The van der Waals surface area contributed by atoms with Gasteiger partial charge in [0.05, 0.1) is 16.5 Å². The molecule has 1 aromatic heterocycles. The van der Waals surface area contributed by atoms with Gasteiger partial charge in [0.2, 0.25) is 6.79 Å². The number of aromatic nitrogens is 1. The molecule has 3 heterocycles. The molecule has 8 nitrogen and oxygen atoms in total. The maximum absolute atomic E-state index is 13.5. The molecule has 0 aliphatic carbocycles. The fourth-order valence-electron chi connectivity index (χ4n) is 4.77. The van der Waals surface area contributed by atoms with E-state index in [1.165, 1.54) is 0 Å². The van der Waals surface area contributed by atoms with E-state index in [2.05, 4.69) is 21.2 Å². The van der Waals surface area contributed by atoms with Crippen LogP contribution in [0.5, 0.6) is 11.5 Å². The summed E-state index contributed by atoms with van der Waals surface area (Å²) in [6, 6.07) is 14.8. The Kier molecular flexibility index (Phi) is 7.59. The predicted molar refractivity (Wildman–Crippen MR) is 149 cm³/mol. The highest BCUT2D eigenvalue weighted by Crippen LogP contribution is 2.44. The van der Waals surface area contributed by atoms with E-state index >= 15 is 0 Å². The molecule has 0 saturated heterocycles. The van der Waals surface area contributed by atoms with Gasteiger partial charge in [-0.1, -0.05) is 34.1 Å². The summed E-state index contributed by atoms with van der Waals surface area (Å²) >= 11 is 3.54. The molecule has 10 heteroatoms. The van der Waals surface area contributed by atoms with Crippen molar-refractivity contribution in [2.75, 3.05) is 13.4 Å². The van der Waals surface area contributed by atoms with Crippen molar-refractivity contribution < 1.29 is 23.6 Å². The van der Waals surface area contributed by atoms with Gasteiger partial charge >= 0.3 is 0 Å². The molecule has 0 spiro atoms. The summed E-state index contributed by atoms with van der Waals surface area (Å²) in [5.41, 5.74) is 4.45. The number of aliphatic hydroxyl groups is 1. The highest BCUT2D eigenvalue weighted by atomic mass is 79.9. The van der Waals surface area contributed by atoms with Crippen LogP contribution in [0.15, 0.2) is 53.0 Å². The molecule has 0 bridgehead atoms. The molecular formula is C28H30BrN3O5S. The van der Waals surface area contributed by atoms with Gasteiger partial charge in [0.15, 0.2) is 11.5 Å². The van der Waals surface area contributed by atoms with Crippen LogP contribution >= 0.6 is 15.9 Å². The molecule has 200 valence electrons. The van der Waals surface area contributed by atoms with Crippen LogP contribution in [0.3, 0.4) is 0 Å². The summed E-state index contributed by atoms with van der Waals surface area (Å²) < 4.78 is 26.6. The average Bonchev–Trinajstić information content (AvgIpc) is 3.50. The van der Waals surface area contributed by atoms with Crippen LogP contribution in [0.1, 0.15) is 60.4 Å². The van der Waals surface area contributed by atoms with Crippen molar-refractivity contribution in [1.29, 1.82) is 0 Å². The third-order valence-corrected chi connectivity index (χ3v) is 8.86. The van der Waals surface area contributed by atoms with Crippen molar-refractivity contribution in [3.05, 3.63) is 75.4 Å². The van der Waals surface area contributed by atoms with E-state index in [4.69, 9.17) is 14.5 Å². The largest absolute Gasteiger partial charge is 0.454 e. The van der Waals surface area contributed by atoms with Crippen molar-refractivity contribution in [3.63, 3.8) is 0 Å². The number of halogens is 1. The van der Waals surface area contributed by atoms with Crippen LogP contribution in [-0.2, 0) is 24.1 Å². The molecule has 0 fully saturated rings. The van der Waals surface area contributed by atoms with E-state index in [1.807, 2.05) is 67.5 Å². The second-order valence-electron chi connectivity index (χ2n) is 10.3. The van der Waals surface area contributed by atoms with Gasteiger partial charge in [-0.25, -0.2) is 13.5 Å². The van der Waals surface area contributed by atoms with E-state index in [-0.39, 0.29) is 31.0 Å². The number of hydrogen-bond donors (Lipinski definition) is 2. The fourth-order valence-corrected chi connectivity index (χ4v) is 6.57. The lowest BCUT2D eigenvalue weighted by Crippen LogP contribution is -2.36. The predicted octanol–water partition coefficient (Wildman–Crippen LogP) is 4.87. The highest BCUT2D eigenvalue weighted by Gasteiger charge is 2.40. The van der Waals surface area contributed by atoms with Crippen LogP contribution in [0.4, 0.5) is 0 Å². The van der Waals surface area contributed by atoms with Crippen molar-refractivity contribution in [1.82, 2.24) is 14.6 Å². The molecule has 1 amide bonds. The first-order valence-corrected chi connectivity index (χ1v) is 14.3. The SMILES string of the molecule is CC(C)(C)S(=O)N1Cc2cc(C(=O)NCc3ccc4c(c3)OCO4)nc(-c3cccc(Br)c3)c2[C@H]1CCO. The summed E-state index contributed by atoms with van der Waals surface area (Å²) in [5.74, 6) is 1.04. The normalized spacial score (nSPS) is 17.3. The van der Waals surface area contributed by atoms with Crippen molar-refractivity contribution in [3.8, 4) is 22.8 Å². The second kappa shape index (κ2) is 10.8. The van der Waals surface area contributed by atoms with E-state index in [0.29, 0.717) is 36.7 Å². The number of amides is 1. The van der Waals surface area contributed by atoms with Gasteiger partial charge < -0.3 is 19.9 Å². The minimum atomic E-state index is -1.32. The Bertz CT molecular complexity index is 1410. The lowest BCUT2D eigenvalue weighted by Gasteiger charge is -2.30. The zero-order valence-corrected chi connectivity index (χ0v) is 23.9. The van der Waals surface area contributed by atoms with Crippen LogP contribution in [-0.4, -0.2) is 42.7 Å². The summed E-state index contributed by atoms with van der Waals surface area (Å²) in [4.78, 5) is 18.2. The fraction of sp³-hybridized carbons (Fsp3) is 0.357. The van der Waals surface area contributed by atoms with Gasteiger partial charge in [-0.15, -0.1) is 0 Å². The van der Waals surface area contributed by atoms with Crippen LogP contribution in [0.2, 0.25) is 0 Å². The minimum Gasteiger partial charge on any atom is -0.454 e. The number of pyridine rings is 1. The summed E-state index contributed by atoms with van der Waals surface area (Å²) in [6.07, 6.45) is 0.410. The number of fused-ring (bicyclic) bond motifs is 2. The molecule has 2 atom stereocenters. The molecular weight excluding hydrogens is 570 g/mol. The van der Waals surface area contributed by atoms with Crippen LogP contribution in [0.25, 0.3) is 11.3 Å². The van der Waals surface area contributed by atoms with Crippen LogP contribution < -0.4 is 14.8 Å². The monoisotopic (exact) mass is 599 g/mol. The number of carbonyl (C=O) groups excluding carboxylic acids is 1. The van der Waals surface area contributed by atoms with E-state index in [1.54, 1.807) is 6.07 Å². The Hall–Kier alpha value is -2.79. The average molecular weight is 601 g/mol. The number of aliphatic hydroxyl groups excluding tert-OH is 1. The molecule has 2 N–H and O–H groups in total. The number of rotatable bonds is 7. The minimum absolute atomic E-state index is 0.0579. The Morgan fingerprint density at radius 2 is 1.97 bits per heavy atom. The zero-order chi connectivity index (χ0) is 27.0. The Balaban J connectivity index is 1.51. The molecule has 0 saturated carbocycles. The van der Waals surface area contributed by atoms with Gasteiger partial charge in [0.25, 0.3) is 5.91 Å². The first-order valence-electron chi connectivity index (χ1n) is 12.4. The summed E-state index contributed by atoms with van der Waals surface area (Å²) in [5, 5.41) is 12.9. The van der Waals surface area contributed by atoms with E-state index in [9.17, 15) is 14.1 Å². The first kappa shape index (κ1) is 26.8. The molecule has 3 aromatic rings. The van der Waals surface area contributed by atoms with Crippen LogP contribution in [0, 0.1) is 0 Å². The maximum Gasteiger partial charge on any atom is 0.270 e. The number of nitrogens with zero attached hydrogens (tertiary/aromatic N) is 2.